The highest BCUT2D eigenvalue weighted by Crippen LogP contribution is 2.17. The molecule has 17 heavy (non-hydrogen) atoms. The summed E-state index contributed by atoms with van der Waals surface area (Å²) in [6, 6.07) is 0.0465. The lowest BCUT2D eigenvalue weighted by molar-refractivity contribution is -0.128. The Morgan fingerprint density at radius 3 is 2.71 bits per heavy atom. The zero-order chi connectivity index (χ0) is 12.8. The number of nitrogens with zero attached hydrogens (tertiary/aromatic N) is 2. The molecule has 1 rings (SSSR count). The Balaban J connectivity index is 2.59. The standard InChI is InChI=1S/C11H17N3O2S/c1-4-14(11-12-5-6-17-11)10(16)7-9(15)13-8(2)3/h5-6,8H,4,7H2,1-3H3,(H,13,15). The van der Waals surface area contributed by atoms with Gasteiger partial charge in [0, 0.05) is 24.2 Å². The predicted molar refractivity (Wildman–Crippen MR) is 68.0 cm³/mol. The van der Waals surface area contributed by atoms with Crippen molar-refractivity contribution >= 4 is 28.3 Å². The summed E-state index contributed by atoms with van der Waals surface area (Å²) >= 11 is 1.39. The van der Waals surface area contributed by atoms with Gasteiger partial charge in [-0.1, -0.05) is 0 Å². The number of rotatable bonds is 5. The van der Waals surface area contributed by atoms with Crippen LogP contribution in [-0.4, -0.2) is 29.4 Å². The first-order chi connectivity index (χ1) is 8.04. The smallest absolute Gasteiger partial charge is 0.238 e. The van der Waals surface area contributed by atoms with Gasteiger partial charge in [-0.3, -0.25) is 14.5 Å². The van der Waals surface area contributed by atoms with E-state index in [1.54, 1.807) is 11.6 Å². The van der Waals surface area contributed by atoms with Crippen molar-refractivity contribution in [1.82, 2.24) is 10.3 Å². The number of carbonyl (C=O) groups excluding carboxylic acids is 2. The Hall–Kier alpha value is -1.43. The molecule has 0 saturated carbocycles. The predicted octanol–water partition coefficient (Wildman–Crippen LogP) is 1.41. The van der Waals surface area contributed by atoms with E-state index in [-0.39, 0.29) is 24.3 Å². The molecule has 2 amide bonds. The van der Waals surface area contributed by atoms with Crippen molar-refractivity contribution in [3.05, 3.63) is 11.6 Å². The van der Waals surface area contributed by atoms with Crippen LogP contribution in [0.25, 0.3) is 0 Å². The van der Waals surface area contributed by atoms with Gasteiger partial charge in [0.2, 0.25) is 11.8 Å². The molecule has 0 bridgehead atoms. The van der Waals surface area contributed by atoms with Crippen LogP contribution in [-0.2, 0) is 9.59 Å². The molecule has 0 aliphatic carbocycles. The van der Waals surface area contributed by atoms with Gasteiger partial charge in [-0.2, -0.15) is 0 Å². The van der Waals surface area contributed by atoms with Gasteiger partial charge in [0.05, 0.1) is 0 Å². The van der Waals surface area contributed by atoms with E-state index in [4.69, 9.17) is 0 Å². The average Bonchev–Trinajstić information content (AvgIpc) is 2.70. The second kappa shape index (κ2) is 6.34. The molecular formula is C11H17N3O2S. The van der Waals surface area contributed by atoms with Gasteiger partial charge in [-0.05, 0) is 20.8 Å². The minimum Gasteiger partial charge on any atom is -0.353 e. The maximum atomic E-state index is 11.9. The van der Waals surface area contributed by atoms with Gasteiger partial charge < -0.3 is 5.32 Å². The van der Waals surface area contributed by atoms with Crippen molar-refractivity contribution in [3.8, 4) is 0 Å². The Morgan fingerprint density at radius 1 is 1.53 bits per heavy atom. The van der Waals surface area contributed by atoms with Crippen molar-refractivity contribution in [2.45, 2.75) is 33.2 Å². The molecule has 0 aliphatic heterocycles. The summed E-state index contributed by atoms with van der Waals surface area (Å²) in [5, 5.41) is 5.13. The molecule has 0 fully saturated rings. The van der Waals surface area contributed by atoms with E-state index in [1.165, 1.54) is 16.2 Å². The van der Waals surface area contributed by atoms with Gasteiger partial charge in [-0.15, -0.1) is 11.3 Å². The van der Waals surface area contributed by atoms with Crippen molar-refractivity contribution in [3.63, 3.8) is 0 Å². The summed E-state index contributed by atoms with van der Waals surface area (Å²) in [6.07, 6.45) is 1.51. The second-order valence-corrected chi connectivity index (χ2v) is 4.72. The Kier molecular flexibility index (Phi) is 5.09. The van der Waals surface area contributed by atoms with Crippen LogP contribution in [0.2, 0.25) is 0 Å². The first-order valence-corrected chi connectivity index (χ1v) is 6.41. The van der Waals surface area contributed by atoms with E-state index >= 15 is 0 Å². The van der Waals surface area contributed by atoms with Crippen molar-refractivity contribution < 1.29 is 9.59 Å². The van der Waals surface area contributed by atoms with E-state index < -0.39 is 0 Å². The van der Waals surface area contributed by atoms with Gasteiger partial charge in [0.1, 0.15) is 6.42 Å². The fraction of sp³-hybridized carbons (Fsp3) is 0.545. The maximum absolute atomic E-state index is 11.9. The summed E-state index contributed by atoms with van der Waals surface area (Å²) in [6.45, 7) is 6.10. The zero-order valence-corrected chi connectivity index (χ0v) is 11.1. The van der Waals surface area contributed by atoms with Crippen LogP contribution in [0, 0.1) is 0 Å². The molecular weight excluding hydrogens is 238 g/mol. The molecule has 1 heterocycles. The lowest BCUT2D eigenvalue weighted by Gasteiger charge is -2.17. The van der Waals surface area contributed by atoms with E-state index in [0.29, 0.717) is 11.7 Å². The quantitative estimate of drug-likeness (QED) is 0.809. The first-order valence-electron chi connectivity index (χ1n) is 5.53. The number of aromatic nitrogens is 1. The van der Waals surface area contributed by atoms with E-state index in [0.717, 1.165) is 0 Å². The lowest BCUT2D eigenvalue weighted by atomic mass is 10.3. The third kappa shape index (κ3) is 4.14. The number of thiazole rings is 1. The normalized spacial score (nSPS) is 10.4. The number of carbonyl (C=O) groups is 2. The summed E-state index contributed by atoms with van der Waals surface area (Å²) in [5.41, 5.74) is 0. The Labute approximate surface area is 105 Å². The fourth-order valence-electron chi connectivity index (χ4n) is 1.37. The summed E-state index contributed by atoms with van der Waals surface area (Å²) in [4.78, 5) is 29.0. The number of anilines is 1. The van der Waals surface area contributed by atoms with Crippen molar-refractivity contribution in [1.29, 1.82) is 0 Å². The maximum Gasteiger partial charge on any atom is 0.238 e. The average molecular weight is 255 g/mol. The molecule has 1 aromatic rings. The molecule has 0 unspecified atom stereocenters. The Bertz CT molecular complexity index is 376. The minimum absolute atomic E-state index is 0.0465. The summed E-state index contributed by atoms with van der Waals surface area (Å²) < 4.78 is 0. The van der Waals surface area contributed by atoms with Crippen LogP contribution in [0.1, 0.15) is 27.2 Å². The molecule has 0 atom stereocenters. The van der Waals surface area contributed by atoms with Crippen LogP contribution < -0.4 is 10.2 Å². The van der Waals surface area contributed by atoms with Crippen LogP contribution in [0.4, 0.5) is 5.13 Å². The molecule has 6 heteroatoms. The molecule has 1 N–H and O–H groups in total. The summed E-state index contributed by atoms with van der Waals surface area (Å²) in [5.74, 6) is -0.472. The molecule has 0 spiro atoms. The zero-order valence-electron chi connectivity index (χ0n) is 10.3. The van der Waals surface area contributed by atoms with Gasteiger partial charge in [0.15, 0.2) is 5.13 Å². The largest absolute Gasteiger partial charge is 0.353 e. The molecule has 94 valence electrons. The molecule has 0 aliphatic rings. The van der Waals surface area contributed by atoms with Crippen LogP contribution in [0.5, 0.6) is 0 Å². The number of nitrogens with one attached hydrogen (secondary N) is 1. The third-order valence-corrected chi connectivity index (χ3v) is 2.82. The molecule has 5 nitrogen and oxygen atoms in total. The number of hydrogen-bond acceptors (Lipinski definition) is 4. The second-order valence-electron chi connectivity index (χ2n) is 3.85. The monoisotopic (exact) mass is 255 g/mol. The highest BCUT2D eigenvalue weighted by Gasteiger charge is 2.19. The first kappa shape index (κ1) is 13.6. The van der Waals surface area contributed by atoms with Gasteiger partial charge in [0.25, 0.3) is 0 Å². The van der Waals surface area contributed by atoms with Gasteiger partial charge >= 0.3 is 0 Å². The fourth-order valence-corrected chi connectivity index (χ4v) is 2.10. The van der Waals surface area contributed by atoms with Crippen LogP contribution in [0.3, 0.4) is 0 Å². The van der Waals surface area contributed by atoms with Crippen LogP contribution >= 0.6 is 11.3 Å². The Morgan fingerprint density at radius 2 is 2.24 bits per heavy atom. The highest BCUT2D eigenvalue weighted by atomic mass is 32.1. The number of amides is 2. The molecule has 0 saturated heterocycles. The number of hydrogen-bond donors (Lipinski definition) is 1. The van der Waals surface area contributed by atoms with Gasteiger partial charge in [-0.25, -0.2) is 4.98 Å². The van der Waals surface area contributed by atoms with Crippen molar-refractivity contribution in [2.24, 2.45) is 0 Å². The topological polar surface area (TPSA) is 62.3 Å². The van der Waals surface area contributed by atoms with E-state index in [2.05, 4.69) is 10.3 Å². The van der Waals surface area contributed by atoms with E-state index in [1.807, 2.05) is 20.8 Å². The summed E-state index contributed by atoms with van der Waals surface area (Å²) in [7, 11) is 0. The SMILES string of the molecule is CCN(C(=O)CC(=O)NC(C)C)c1nccs1. The molecule has 0 aromatic carbocycles. The van der Waals surface area contributed by atoms with Crippen molar-refractivity contribution in [2.75, 3.05) is 11.4 Å². The minimum atomic E-state index is -0.250. The highest BCUT2D eigenvalue weighted by molar-refractivity contribution is 7.13. The van der Waals surface area contributed by atoms with Crippen LogP contribution in [0.15, 0.2) is 11.6 Å². The lowest BCUT2D eigenvalue weighted by Crippen LogP contribution is -2.37. The third-order valence-electron chi connectivity index (χ3n) is 2.03. The van der Waals surface area contributed by atoms with E-state index in [9.17, 15) is 9.59 Å². The molecule has 1 aromatic heterocycles. The molecule has 0 radical (unpaired) electrons.